The van der Waals surface area contributed by atoms with Gasteiger partial charge in [-0.25, -0.2) is 9.78 Å². The lowest BCUT2D eigenvalue weighted by atomic mass is 10.4. The number of halogens is 3. The van der Waals surface area contributed by atoms with E-state index in [1.54, 1.807) is 12.2 Å². The van der Waals surface area contributed by atoms with Gasteiger partial charge in [-0.05, 0) is 6.92 Å². The molecule has 2 aromatic rings. The van der Waals surface area contributed by atoms with Crippen LogP contribution in [0.2, 0.25) is 0 Å². The number of thiazole rings is 1. The summed E-state index contributed by atoms with van der Waals surface area (Å²) in [7, 11) is 0. The normalized spacial score (nSPS) is 11.6. The molecular formula is C11H10F3N3O3S. The summed E-state index contributed by atoms with van der Waals surface area (Å²) in [6, 6.07) is 0. The van der Waals surface area contributed by atoms with E-state index in [9.17, 15) is 22.8 Å². The van der Waals surface area contributed by atoms with Crippen molar-refractivity contribution in [3.8, 4) is 0 Å². The third-order valence-electron chi connectivity index (χ3n) is 2.48. The molecule has 0 atom stereocenters. The minimum absolute atomic E-state index is 0.118. The number of ether oxygens (including phenoxy) is 1. The number of nitrogens with zero attached hydrogens (tertiary/aromatic N) is 2. The zero-order chi connectivity index (χ0) is 15.6. The maximum absolute atomic E-state index is 12.1. The van der Waals surface area contributed by atoms with Crippen molar-refractivity contribution in [1.82, 2.24) is 14.7 Å². The summed E-state index contributed by atoms with van der Waals surface area (Å²) in [6.45, 7) is 1.36. The minimum atomic E-state index is -4.96. The van der Waals surface area contributed by atoms with Crippen molar-refractivity contribution in [2.24, 2.45) is 0 Å². The lowest BCUT2D eigenvalue weighted by molar-refractivity contribution is -0.173. The number of amides is 1. The second-order valence-corrected chi connectivity index (χ2v) is 4.76. The van der Waals surface area contributed by atoms with Crippen LogP contribution in [0.15, 0.2) is 11.6 Å². The quantitative estimate of drug-likeness (QED) is 0.871. The van der Waals surface area contributed by atoms with Gasteiger partial charge in [0.1, 0.15) is 16.3 Å². The van der Waals surface area contributed by atoms with Crippen LogP contribution in [-0.2, 0) is 16.1 Å². The molecule has 0 aliphatic carbocycles. The van der Waals surface area contributed by atoms with Gasteiger partial charge in [0.15, 0.2) is 0 Å². The topological polar surface area (TPSA) is 72.7 Å². The van der Waals surface area contributed by atoms with Crippen molar-refractivity contribution in [3.63, 3.8) is 0 Å². The number of carbonyl (C=O) groups excluding carboxylic acids is 2. The first-order valence-electron chi connectivity index (χ1n) is 5.80. The van der Waals surface area contributed by atoms with Gasteiger partial charge in [0.25, 0.3) is 0 Å². The fraction of sp³-hybridized carbons (Fsp3) is 0.364. The van der Waals surface area contributed by atoms with Crippen LogP contribution >= 0.6 is 11.3 Å². The molecule has 0 aromatic carbocycles. The van der Waals surface area contributed by atoms with Crippen LogP contribution in [-0.4, -0.2) is 34.0 Å². The molecule has 2 rings (SSSR count). The fourth-order valence-electron chi connectivity index (χ4n) is 1.61. The van der Waals surface area contributed by atoms with E-state index in [4.69, 9.17) is 4.74 Å². The number of esters is 1. The van der Waals surface area contributed by atoms with Gasteiger partial charge in [0, 0.05) is 5.38 Å². The third kappa shape index (κ3) is 3.15. The van der Waals surface area contributed by atoms with Crippen molar-refractivity contribution in [1.29, 1.82) is 0 Å². The minimum Gasteiger partial charge on any atom is -0.461 e. The van der Waals surface area contributed by atoms with E-state index >= 15 is 0 Å². The predicted molar refractivity (Wildman–Crippen MR) is 66.9 cm³/mol. The molecule has 0 fully saturated rings. The second-order valence-electron chi connectivity index (χ2n) is 3.87. The van der Waals surface area contributed by atoms with Gasteiger partial charge in [0.2, 0.25) is 0 Å². The average molecular weight is 321 g/mol. The summed E-state index contributed by atoms with van der Waals surface area (Å²) in [5.74, 6) is -2.55. The largest absolute Gasteiger partial charge is 0.471 e. The highest BCUT2D eigenvalue weighted by molar-refractivity contribution is 7.15. The van der Waals surface area contributed by atoms with Gasteiger partial charge in [-0.1, -0.05) is 0 Å². The molecule has 0 spiro atoms. The van der Waals surface area contributed by atoms with E-state index in [2.05, 4.69) is 4.98 Å². The van der Waals surface area contributed by atoms with Crippen LogP contribution in [0.25, 0.3) is 4.83 Å². The molecule has 21 heavy (non-hydrogen) atoms. The van der Waals surface area contributed by atoms with Crippen LogP contribution < -0.4 is 5.32 Å². The lowest BCUT2D eigenvalue weighted by Gasteiger charge is -2.07. The Labute approximate surface area is 120 Å². The molecular weight excluding hydrogens is 311 g/mol. The van der Waals surface area contributed by atoms with Crippen molar-refractivity contribution in [2.45, 2.75) is 19.6 Å². The Balaban J connectivity index is 2.23. The Kier molecular flexibility index (Phi) is 4.16. The molecule has 1 amide bonds. The molecule has 0 unspecified atom stereocenters. The fourth-order valence-corrected chi connectivity index (χ4v) is 2.47. The molecule has 0 aliphatic heterocycles. The smallest absolute Gasteiger partial charge is 0.461 e. The Morgan fingerprint density at radius 1 is 1.48 bits per heavy atom. The molecule has 0 bridgehead atoms. The average Bonchev–Trinajstić information content (AvgIpc) is 2.96. The Morgan fingerprint density at radius 2 is 2.19 bits per heavy atom. The summed E-state index contributed by atoms with van der Waals surface area (Å²) in [5, 5.41) is 3.23. The summed E-state index contributed by atoms with van der Waals surface area (Å²) >= 11 is 1.19. The zero-order valence-corrected chi connectivity index (χ0v) is 11.5. The van der Waals surface area contributed by atoms with Crippen LogP contribution in [0.4, 0.5) is 13.2 Å². The molecule has 0 saturated heterocycles. The third-order valence-corrected chi connectivity index (χ3v) is 3.35. The number of rotatable bonds is 4. The molecule has 0 aliphatic rings. The number of hydrogen-bond acceptors (Lipinski definition) is 5. The molecule has 2 heterocycles. The number of alkyl halides is 3. The monoisotopic (exact) mass is 321 g/mol. The molecule has 0 saturated carbocycles. The van der Waals surface area contributed by atoms with Crippen LogP contribution in [0.3, 0.4) is 0 Å². The Hall–Kier alpha value is -2.10. The molecule has 2 aromatic heterocycles. The van der Waals surface area contributed by atoms with E-state index in [0.717, 1.165) is 0 Å². The maximum atomic E-state index is 12.1. The lowest BCUT2D eigenvalue weighted by Crippen LogP contribution is -2.36. The molecule has 0 radical (unpaired) electrons. The first-order chi connectivity index (χ1) is 9.84. The van der Waals surface area contributed by atoms with Gasteiger partial charge in [0.05, 0.1) is 19.3 Å². The SMILES string of the molecule is CCOC(=O)c1csc2cnc(CNC(=O)C(F)(F)F)n12. The second kappa shape index (κ2) is 5.72. The number of imidazole rings is 1. The zero-order valence-electron chi connectivity index (χ0n) is 10.7. The first kappa shape index (κ1) is 15.3. The van der Waals surface area contributed by atoms with E-state index in [-0.39, 0.29) is 18.1 Å². The van der Waals surface area contributed by atoms with Gasteiger partial charge in [-0.15, -0.1) is 11.3 Å². The number of nitrogens with one attached hydrogen (secondary N) is 1. The van der Waals surface area contributed by atoms with Gasteiger partial charge < -0.3 is 10.1 Å². The number of aromatic nitrogens is 2. The first-order valence-corrected chi connectivity index (χ1v) is 6.68. The van der Waals surface area contributed by atoms with E-state index in [1.165, 1.54) is 27.3 Å². The van der Waals surface area contributed by atoms with Crippen LogP contribution in [0.1, 0.15) is 23.2 Å². The van der Waals surface area contributed by atoms with Crippen molar-refractivity contribution < 1.29 is 27.5 Å². The van der Waals surface area contributed by atoms with E-state index < -0.39 is 24.6 Å². The van der Waals surface area contributed by atoms with Crippen molar-refractivity contribution >= 4 is 28.0 Å². The number of hydrogen-bond donors (Lipinski definition) is 1. The summed E-state index contributed by atoms with van der Waals surface area (Å²) in [5.41, 5.74) is 0.158. The van der Waals surface area contributed by atoms with Crippen LogP contribution in [0, 0.1) is 0 Å². The number of carbonyl (C=O) groups is 2. The van der Waals surface area contributed by atoms with Crippen LogP contribution in [0.5, 0.6) is 0 Å². The summed E-state index contributed by atoms with van der Waals surface area (Å²) < 4.78 is 42.6. The van der Waals surface area contributed by atoms with E-state index in [1.807, 2.05) is 0 Å². The summed E-state index contributed by atoms with van der Waals surface area (Å²) in [6.07, 6.45) is -3.56. The predicted octanol–water partition coefficient (Wildman–Crippen LogP) is 1.75. The van der Waals surface area contributed by atoms with Crippen molar-refractivity contribution in [2.75, 3.05) is 6.61 Å². The Morgan fingerprint density at radius 3 is 2.81 bits per heavy atom. The molecule has 1 N–H and O–H groups in total. The van der Waals surface area contributed by atoms with Crippen molar-refractivity contribution in [3.05, 3.63) is 23.1 Å². The van der Waals surface area contributed by atoms with Gasteiger partial charge in [-0.3, -0.25) is 9.20 Å². The standard InChI is InChI=1S/C11H10F3N3O3S/c1-2-20-9(18)6-5-21-8-4-15-7(17(6)8)3-16-10(19)11(12,13)14/h4-5H,2-3H2,1H3,(H,16,19). The highest BCUT2D eigenvalue weighted by Crippen LogP contribution is 2.20. The summed E-state index contributed by atoms with van der Waals surface area (Å²) in [4.78, 5) is 27.0. The number of fused-ring (bicyclic) bond motifs is 1. The molecule has 6 nitrogen and oxygen atoms in total. The maximum Gasteiger partial charge on any atom is 0.471 e. The highest BCUT2D eigenvalue weighted by atomic mass is 32.1. The highest BCUT2D eigenvalue weighted by Gasteiger charge is 2.38. The van der Waals surface area contributed by atoms with Gasteiger partial charge >= 0.3 is 18.1 Å². The van der Waals surface area contributed by atoms with Gasteiger partial charge in [-0.2, -0.15) is 13.2 Å². The molecule has 114 valence electrons. The Bertz CT molecular complexity index is 677. The molecule has 10 heteroatoms. The van der Waals surface area contributed by atoms with E-state index in [0.29, 0.717) is 4.83 Å².